The molecule has 6 nitrogen and oxygen atoms in total. The Labute approximate surface area is 159 Å². The zero-order valence-corrected chi connectivity index (χ0v) is 16.4. The van der Waals surface area contributed by atoms with E-state index >= 15 is 0 Å². The summed E-state index contributed by atoms with van der Waals surface area (Å²) in [7, 11) is 5.34. The molecule has 0 bridgehead atoms. The first-order valence-electron chi connectivity index (χ1n) is 8.71. The number of pyridine rings is 1. The van der Waals surface area contributed by atoms with E-state index in [4.69, 9.17) is 14.5 Å². The number of hydrogen-bond acceptors (Lipinski definition) is 6. The van der Waals surface area contributed by atoms with Gasteiger partial charge < -0.3 is 14.4 Å². The highest BCUT2D eigenvalue weighted by atomic mass is 16.5. The monoisotopic (exact) mass is 364 g/mol. The molecule has 6 heteroatoms. The molecule has 0 atom stereocenters. The Hall–Kier alpha value is -3.15. The molecule has 0 aliphatic carbocycles. The van der Waals surface area contributed by atoms with Crippen molar-refractivity contribution in [2.24, 2.45) is 0 Å². The van der Waals surface area contributed by atoms with Gasteiger partial charge in [-0.05, 0) is 38.1 Å². The maximum atomic E-state index is 5.53. The van der Waals surface area contributed by atoms with E-state index in [0.29, 0.717) is 12.4 Å². The van der Waals surface area contributed by atoms with Crippen LogP contribution in [0.4, 0.5) is 5.82 Å². The van der Waals surface area contributed by atoms with Gasteiger partial charge in [0.2, 0.25) is 0 Å². The second kappa shape index (κ2) is 8.03. The van der Waals surface area contributed by atoms with Gasteiger partial charge in [0, 0.05) is 54.4 Å². The third kappa shape index (κ3) is 4.00. The molecule has 0 fully saturated rings. The molecule has 0 spiro atoms. The number of nitrogens with zero attached hydrogens (tertiary/aromatic N) is 4. The molecule has 1 aromatic carbocycles. The van der Waals surface area contributed by atoms with Gasteiger partial charge in [-0.25, -0.2) is 9.97 Å². The highest BCUT2D eigenvalue weighted by Gasteiger charge is 2.15. The van der Waals surface area contributed by atoms with Crippen molar-refractivity contribution in [3.8, 4) is 22.9 Å². The van der Waals surface area contributed by atoms with Crippen molar-refractivity contribution in [3.63, 3.8) is 0 Å². The maximum absolute atomic E-state index is 5.53. The lowest BCUT2D eigenvalue weighted by molar-refractivity contribution is 0.391. The van der Waals surface area contributed by atoms with Gasteiger partial charge in [0.15, 0.2) is 5.82 Å². The van der Waals surface area contributed by atoms with E-state index in [0.717, 1.165) is 39.7 Å². The van der Waals surface area contributed by atoms with Gasteiger partial charge >= 0.3 is 0 Å². The zero-order chi connectivity index (χ0) is 19.4. The fourth-order valence-electron chi connectivity index (χ4n) is 2.93. The van der Waals surface area contributed by atoms with Crippen molar-refractivity contribution in [2.75, 3.05) is 26.2 Å². The Morgan fingerprint density at radius 3 is 2.37 bits per heavy atom. The minimum absolute atomic E-state index is 0.653. The molecular formula is C21H24N4O2. The van der Waals surface area contributed by atoms with E-state index in [-0.39, 0.29) is 0 Å². The van der Waals surface area contributed by atoms with Gasteiger partial charge in [0.25, 0.3) is 0 Å². The Bertz CT molecular complexity index is 929. The maximum Gasteiger partial charge on any atom is 0.161 e. The molecule has 140 valence electrons. The van der Waals surface area contributed by atoms with Crippen LogP contribution in [0.15, 0.2) is 42.7 Å². The summed E-state index contributed by atoms with van der Waals surface area (Å²) in [6.07, 6.45) is 3.50. The smallest absolute Gasteiger partial charge is 0.161 e. The molecule has 0 N–H and O–H groups in total. The number of ether oxygens (including phenoxy) is 2. The van der Waals surface area contributed by atoms with Crippen molar-refractivity contribution >= 4 is 5.82 Å². The standard InChI is InChI=1S/C21H24N4O2/c1-14-15(2)23-20(16-8-10-22-11-9-16)24-21(14)25(3)13-17-6-7-18(26-4)12-19(17)27-5/h6-12H,13H2,1-5H3. The summed E-state index contributed by atoms with van der Waals surface area (Å²) in [5, 5.41) is 0. The van der Waals surface area contributed by atoms with Crippen LogP contribution in [-0.4, -0.2) is 36.2 Å². The van der Waals surface area contributed by atoms with E-state index < -0.39 is 0 Å². The second-order valence-corrected chi connectivity index (χ2v) is 6.35. The van der Waals surface area contributed by atoms with E-state index in [1.807, 2.05) is 51.2 Å². The number of aromatic nitrogens is 3. The van der Waals surface area contributed by atoms with Crippen molar-refractivity contribution < 1.29 is 9.47 Å². The van der Waals surface area contributed by atoms with Crippen LogP contribution in [0.5, 0.6) is 11.5 Å². The first-order valence-corrected chi connectivity index (χ1v) is 8.71. The average Bonchev–Trinajstić information content (AvgIpc) is 2.70. The van der Waals surface area contributed by atoms with Gasteiger partial charge in [0.1, 0.15) is 17.3 Å². The van der Waals surface area contributed by atoms with Gasteiger partial charge in [-0.3, -0.25) is 4.98 Å². The van der Waals surface area contributed by atoms with Crippen LogP contribution in [0.25, 0.3) is 11.4 Å². The third-order valence-electron chi connectivity index (χ3n) is 4.57. The fraction of sp³-hybridized carbons (Fsp3) is 0.286. The van der Waals surface area contributed by atoms with Crippen LogP contribution < -0.4 is 14.4 Å². The highest BCUT2D eigenvalue weighted by molar-refractivity contribution is 5.60. The number of anilines is 1. The van der Waals surface area contributed by atoms with Gasteiger partial charge in [0.05, 0.1) is 14.2 Å². The lowest BCUT2D eigenvalue weighted by atomic mass is 10.1. The average molecular weight is 364 g/mol. The first-order chi connectivity index (χ1) is 13.0. The lowest BCUT2D eigenvalue weighted by Gasteiger charge is -2.23. The van der Waals surface area contributed by atoms with Crippen LogP contribution in [0.2, 0.25) is 0 Å². The Balaban J connectivity index is 1.95. The third-order valence-corrected chi connectivity index (χ3v) is 4.57. The Morgan fingerprint density at radius 2 is 1.70 bits per heavy atom. The predicted molar refractivity (Wildman–Crippen MR) is 106 cm³/mol. The van der Waals surface area contributed by atoms with Crippen LogP contribution >= 0.6 is 0 Å². The first kappa shape index (κ1) is 18.6. The topological polar surface area (TPSA) is 60.4 Å². The van der Waals surface area contributed by atoms with E-state index in [1.165, 1.54) is 0 Å². The summed E-state index contributed by atoms with van der Waals surface area (Å²) < 4.78 is 10.8. The minimum atomic E-state index is 0.653. The van der Waals surface area contributed by atoms with Crippen LogP contribution in [0.3, 0.4) is 0 Å². The summed E-state index contributed by atoms with van der Waals surface area (Å²) in [6.45, 7) is 4.70. The minimum Gasteiger partial charge on any atom is -0.497 e. The molecule has 0 unspecified atom stereocenters. The molecule has 0 radical (unpaired) electrons. The Kier molecular flexibility index (Phi) is 5.54. The van der Waals surface area contributed by atoms with E-state index in [9.17, 15) is 0 Å². The molecule has 0 saturated heterocycles. The van der Waals surface area contributed by atoms with Crippen molar-refractivity contribution in [2.45, 2.75) is 20.4 Å². The van der Waals surface area contributed by atoms with Gasteiger partial charge in [-0.15, -0.1) is 0 Å². The predicted octanol–water partition coefficient (Wildman–Crippen LogP) is 3.81. The molecule has 2 aromatic heterocycles. The van der Waals surface area contributed by atoms with Crippen molar-refractivity contribution in [3.05, 3.63) is 59.5 Å². The molecule has 0 aliphatic rings. The molecule has 3 aromatic rings. The van der Waals surface area contributed by atoms with Gasteiger partial charge in [-0.1, -0.05) is 0 Å². The highest BCUT2D eigenvalue weighted by Crippen LogP contribution is 2.29. The lowest BCUT2D eigenvalue weighted by Crippen LogP contribution is -2.20. The van der Waals surface area contributed by atoms with Crippen LogP contribution in [0.1, 0.15) is 16.8 Å². The number of aryl methyl sites for hydroxylation is 1. The molecule has 3 rings (SSSR count). The summed E-state index contributed by atoms with van der Waals surface area (Å²) >= 11 is 0. The SMILES string of the molecule is COc1ccc(CN(C)c2nc(-c3ccncc3)nc(C)c2C)c(OC)c1. The Morgan fingerprint density at radius 1 is 0.963 bits per heavy atom. The molecule has 2 heterocycles. The summed E-state index contributed by atoms with van der Waals surface area (Å²) in [5.74, 6) is 3.16. The number of rotatable bonds is 6. The summed E-state index contributed by atoms with van der Waals surface area (Å²) in [4.78, 5) is 15.6. The van der Waals surface area contributed by atoms with Crippen LogP contribution in [0, 0.1) is 13.8 Å². The quantitative estimate of drug-likeness (QED) is 0.663. The van der Waals surface area contributed by atoms with E-state index in [2.05, 4.69) is 14.9 Å². The summed E-state index contributed by atoms with van der Waals surface area (Å²) in [6, 6.07) is 9.68. The molecule has 27 heavy (non-hydrogen) atoms. The number of benzene rings is 1. The fourth-order valence-corrected chi connectivity index (χ4v) is 2.93. The van der Waals surface area contributed by atoms with Crippen molar-refractivity contribution in [1.82, 2.24) is 15.0 Å². The molecule has 0 aliphatic heterocycles. The molecular weight excluding hydrogens is 340 g/mol. The van der Waals surface area contributed by atoms with E-state index in [1.54, 1.807) is 26.6 Å². The second-order valence-electron chi connectivity index (χ2n) is 6.35. The zero-order valence-electron chi connectivity index (χ0n) is 16.4. The summed E-state index contributed by atoms with van der Waals surface area (Å²) in [5.41, 5.74) is 4.02. The normalized spacial score (nSPS) is 10.6. The van der Waals surface area contributed by atoms with Crippen LogP contribution in [-0.2, 0) is 6.54 Å². The van der Waals surface area contributed by atoms with Gasteiger partial charge in [-0.2, -0.15) is 0 Å². The molecule has 0 amide bonds. The van der Waals surface area contributed by atoms with Crippen molar-refractivity contribution in [1.29, 1.82) is 0 Å². The largest absolute Gasteiger partial charge is 0.497 e. The number of hydrogen-bond donors (Lipinski definition) is 0. The molecule has 0 saturated carbocycles. The number of methoxy groups -OCH3 is 2.